The lowest BCUT2D eigenvalue weighted by molar-refractivity contribution is 0.0525. The Bertz CT molecular complexity index is 752. The third kappa shape index (κ3) is 4.19. The Hall–Kier alpha value is -3.15. The number of anilines is 1. The van der Waals surface area contributed by atoms with Gasteiger partial charge < -0.3 is 14.8 Å². The Balaban J connectivity index is 2.09. The predicted octanol–water partition coefficient (Wildman–Crippen LogP) is 2.90. The van der Waals surface area contributed by atoms with Crippen LogP contribution in [0.15, 0.2) is 48.5 Å². The molecule has 0 spiro atoms. The molecule has 24 heavy (non-hydrogen) atoms. The Morgan fingerprint density at radius 1 is 0.917 bits per heavy atom. The highest BCUT2D eigenvalue weighted by atomic mass is 16.5. The van der Waals surface area contributed by atoms with Gasteiger partial charge in [-0.15, -0.1) is 0 Å². The van der Waals surface area contributed by atoms with E-state index in [1.807, 2.05) is 0 Å². The summed E-state index contributed by atoms with van der Waals surface area (Å²) < 4.78 is 9.52. The third-order valence-corrected chi connectivity index (χ3v) is 3.20. The van der Waals surface area contributed by atoms with E-state index in [0.717, 1.165) is 0 Å². The van der Waals surface area contributed by atoms with Gasteiger partial charge in [-0.25, -0.2) is 9.59 Å². The second-order valence-electron chi connectivity index (χ2n) is 4.82. The molecular formula is C18H17NO5. The van der Waals surface area contributed by atoms with Crippen LogP contribution in [0.5, 0.6) is 0 Å². The normalized spacial score (nSPS) is 9.92. The van der Waals surface area contributed by atoms with Gasteiger partial charge in [0.25, 0.3) is 5.91 Å². The molecule has 124 valence electrons. The summed E-state index contributed by atoms with van der Waals surface area (Å²) >= 11 is 0. The lowest BCUT2D eigenvalue weighted by Crippen LogP contribution is -2.13. The smallest absolute Gasteiger partial charge is 0.338 e. The van der Waals surface area contributed by atoms with Crippen LogP contribution in [-0.2, 0) is 9.47 Å². The zero-order chi connectivity index (χ0) is 17.5. The van der Waals surface area contributed by atoms with E-state index in [4.69, 9.17) is 4.74 Å². The maximum absolute atomic E-state index is 12.2. The molecule has 6 nitrogen and oxygen atoms in total. The molecule has 0 unspecified atom stereocenters. The monoisotopic (exact) mass is 327 g/mol. The highest BCUT2D eigenvalue weighted by Gasteiger charge is 2.11. The van der Waals surface area contributed by atoms with E-state index in [1.54, 1.807) is 49.4 Å². The zero-order valence-corrected chi connectivity index (χ0v) is 13.4. The van der Waals surface area contributed by atoms with Crippen molar-refractivity contribution in [2.75, 3.05) is 19.0 Å². The van der Waals surface area contributed by atoms with Crippen LogP contribution in [0.1, 0.15) is 38.0 Å². The summed E-state index contributed by atoms with van der Waals surface area (Å²) in [6.45, 7) is 2.03. The van der Waals surface area contributed by atoms with Crippen molar-refractivity contribution in [2.45, 2.75) is 6.92 Å². The summed E-state index contributed by atoms with van der Waals surface area (Å²) in [7, 11) is 1.28. The Labute approximate surface area is 139 Å². The summed E-state index contributed by atoms with van der Waals surface area (Å²) in [5.41, 5.74) is 1.55. The van der Waals surface area contributed by atoms with Crippen LogP contribution >= 0.6 is 0 Å². The topological polar surface area (TPSA) is 81.7 Å². The number of carbonyl (C=O) groups excluding carboxylic acids is 3. The van der Waals surface area contributed by atoms with E-state index < -0.39 is 11.9 Å². The van der Waals surface area contributed by atoms with E-state index in [1.165, 1.54) is 13.2 Å². The van der Waals surface area contributed by atoms with Crippen molar-refractivity contribution in [1.82, 2.24) is 0 Å². The molecule has 1 amide bonds. The maximum Gasteiger partial charge on any atom is 0.338 e. The average Bonchev–Trinajstić information content (AvgIpc) is 2.62. The van der Waals surface area contributed by atoms with Gasteiger partial charge in [0, 0.05) is 11.3 Å². The van der Waals surface area contributed by atoms with Crippen LogP contribution in [0.3, 0.4) is 0 Å². The van der Waals surface area contributed by atoms with Crippen LogP contribution < -0.4 is 5.32 Å². The molecule has 0 bridgehead atoms. The number of hydrogen-bond donors (Lipinski definition) is 1. The van der Waals surface area contributed by atoms with Gasteiger partial charge in [0.05, 0.1) is 24.8 Å². The minimum Gasteiger partial charge on any atom is -0.465 e. The SMILES string of the molecule is CCOC(=O)c1ccc(NC(=O)c2cccc(C(=O)OC)c2)cc1. The second kappa shape index (κ2) is 7.92. The Kier molecular flexibility index (Phi) is 5.68. The second-order valence-corrected chi connectivity index (χ2v) is 4.82. The quantitative estimate of drug-likeness (QED) is 0.854. The number of nitrogens with one attached hydrogen (secondary N) is 1. The first-order valence-corrected chi connectivity index (χ1v) is 7.32. The number of hydrogen-bond acceptors (Lipinski definition) is 5. The largest absolute Gasteiger partial charge is 0.465 e. The number of benzene rings is 2. The molecule has 2 aromatic carbocycles. The van der Waals surface area contributed by atoms with E-state index in [2.05, 4.69) is 10.1 Å². The molecule has 2 rings (SSSR count). The van der Waals surface area contributed by atoms with Crippen LogP contribution in [-0.4, -0.2) is 31.6 Å². The molecule has 0 aliphatic heterocycles. The van der Waals surface area contributed by atoms with Gasteiger partial charge in [-0.3, -0.25) is 4.79 Å². The maximum atomic E-state index is 12.2. The highest BCUT2D eigenvalue weighted by Crippen LogP contribution is 2.13. The molecule has 0 radical (unpaired) electrons. The van der Waals surface area contributed by atoms with Crippen LogP contribution in [0.2, 0.25) is 0 Å². The van der Waals surface area contributed by atoms with Gasteiger partial charge in [0.15, 0.2) is 0 Å². The highest BCUT2D eigenvalue weighted by molar-refractivity contribution is 6.05. The fourth-order valence-corrected chi connectivity index (χ4v) is 2.01. The molecule has 0 saturated carbocycles. The molecule has 1 N–H and O–H groups in total. The molecule has 0 saturated heterocycles. The minimum atomic E-state index is -0.511. The van der Waals surface area contributed by atoms with Gasteiger partial charge in [0.2, 0.25) is 0 Å². The lowest BCUT2D eigenvalue weighted by atomic mass is 10.1. The first-order valence-electron chi connectivity index (χ1n) is 7.32. The molecule has 0 atom stereocenters. The molecule has 6 heteroatoms. The first kappa shape index (κ1) is 17.2. The third-order valence-electron chi connectivity index (χ3n) is 3.20. The predicted molar refractivity (Wildman–Crippen MR) is 88.1 cm³/mol. The summed E-state index contributed by atoms with van der Waals surface area (Å²) in [6, 6.07) is 12.6. The van der Waals surface area contributed by atoms with Crippen LogP contribution in [0.4, 0.5) is 5.69 Å². The molecule has 0 aromatic heterocycles. The van der Waals surface area contributed by atoms with Crippen molar-refractivity contribution in [3.8, 4) is 0 Å². The van der Waals surface area contributed by atoms with E-state index >= 15 is 0 Å². The molecule has 0 aliphatic carbocycles. The van der Waals surface area contributed by atoms with Gasteiger partial charge in [-0.2, -0.15) is 0 Å². The standard InChI is InChI=1S/C18H17NO5/c1-3-24-18(22)12-7-9-15(10-8-12)19-16(20)13-5-4-6-14(11-13)17(21)23-2/h4-11H,3H2,1-2H3,(H,19,20). The van der Waals surface area contributed by atoms with Crippen molar-refractivity contribution >= 4 is 23.5 Å². The number of ether oxygens (including phenoxy) is 2. The molecule has 2 aromatic rings. The summed E-state index contributed by atoms with van der Waals surface area (Å²) in [4.78, 5) is 35.3. The van der Waals surface area contributed by atoms with Gasteiger partial charge in [0.1, 0.15) is 0 Å². The Morgan fingerprint density at radius 2 is 1.58 bits per heavy atom. The van der Waals surface area contributed by atoms with Crippen LogP contribution in [0, 0.1) is 0 Å². The van der Waals surface area contributed by atoms with Crippen molar-refractivity contribution in [3.05, 3.63) is 65.2 Å². The number of carbonyl (C=O) groups is 3. The first-order chi connectivity index (χ1) is 11.5. The zero-order valence-electron chi connectivity index (χ0n) is 13.4. The van der Waals surface area contributed by atoms with Crippen molar-refractivity contribution in [2.24, 2.45) is 0 Å². The van der Waals surface area contributed by atoms with Gasteiger partial charge >= 0.3 is 11.9 Å². The van der Waals surface area contributed by atoms with Crippen molar-refractivity contribution in [1.29, 1.82) is 0 Å². The number of rotatable bonds is 5. The summed E-state index contributed by atoms with van der Waals surface area (Å²) in [6.07, 6.45) is 0. The van der Waals surface area contributed by atoms with Gasteiger partial charge in [-0.05, 0) is 49.4 Å². The van der Waals surface area contributed by atoms with E-state index in [9.17, 15) is 14.4 Å². The summed E-state index contributed by atoms with van der Waals surface area (Å²) in [5, 5.41) is 2.70. The van der Waals surface area contributed by atoms with Gasteiger partial charge in [-0.1, -0.05) is 6.07 Å². The lowest BCUT2D eigenvalue weighted by Gasteiger charge is -2.07. The summed E-state index contributed by atoms with van der Waals surface area (Å²) in [5.74, 6) is -1.30. The number of esters is 2. The van der Waals surface area contributed by atoms with E-state index in [0.29, 0.717) is 29.0 Å². The number of methoxy groups -OCH3 is 1. The molecular weight excluding hydrogens is 310 g/mol. The molecule has 0 heterocycles. The van der Waals surface area contributed by atoms with Crippen LogP contribution in [0.25, 0.3) is 0 Å². The van der Waals surface area contributed by atoms with Crippen molar-refractivity contribution in [3.63, 3.8) is 0 Å². The molecule has 0 fully saturated rings. The average molecular weight is 327 g/mol. The number of amides is 1. The van der Waals surface area contributed by atoms with E-state index in [-0.39, 0.29) is 5.91 Å². The molecule has 0 aliphatic rings. The fraction of sp³-hybridized carbons (Fsp3) is 0.167. The minimum absolute atomic E-state index is 0.294. The fourth-order valence-electron chi connectivity index (χ4n) is 2.01. The van der Waals surface area contributed by atoms with Crippen molar-refractivity contribution < 1.29 is 23.9 Å². The Morgan fingerprint density at radius 3 is 2.21 bits per heavy atom.